The van der Waals surface area contributed by atoms with E-state index in [9.17, 15) is 0 Å². The number of thiazole rings is 1. The molecule has 0 unspecified atom stereocenters. The molecule has 0 amide bonds. The highest BCUT2D eigenvalue weighted by Crippen LogP contribution is 2.27. The number of hydrogen-bond donors (Lipinski definition) is 3. The van der Waals surface area contributed by atoms with E-state index in [1.807, 2.05) is 0 Å². The molecule has 1 aliphatic carbocycles. The van der Waals surface area contributed by atoms with Crippen molar-refractivity contribution in [1.29, 1.82) is 0 Å². The van der Waals surface area contributed by atoms with Crippen LogP contribution in [0.5, 0.6) is 0 Å². The molecule has 2 rings (SSSR count). The zero-order valence-corrected chi connectivity index (χ0v) is 10.3. The van der Waals surface area contributed by atoms with Crippen molar-refractivity contribution >= 4 is 11.3 Å². The second-order valence-corrected chi connectivity index (χ2v) is 5.73. The monoisotopic (exact) mass is 242 g/mol. The van der Waals surface area contributed by atoms with Crippen LogP contribution in [0.4, 0.5) is 0 Å². The van der Waals surface area contributed by atoms with Crippen molar-refractivity contribution in [2.24, 2.45) is 0 Å². The van der Waals surface area contributed by atoms with Gasteiger partial charge in [-0.15, -0.1) is 11.3 Å². The molecule has 1 aromatic rings. The maximum atomic E-state index is 9.14. The van der Waals surface area contributed by atoms with Gasteiger partial charge < -0.3 is 15.5 Å². The van der Waals surface area contributed by atoms with Crippen LogP contribution in [-0.4, -0.2) is 33.9 Å². The number of aliphatic hydroxyl groups excluding tert-OH is 2. The zero-order valence-electron chi connectivity index (χ0n) is 9.49. The lowest BCUT2D eigenvalue weighted by Gasteiger charge is -2.25. The summed E-state index contributed by atoms with van der Waals surface area (Å²) in [5.41, 5.74) is 0.632. The number of fused-ring (bicyclic) bond motifs is 1. The third-order valence-corrected chi connectivity index (χ3v) is 4.16. The van der Waals surface area contributed by atoms with E-state index in [1.165, 1.54) is 17.0 Å². The van der Waals surface area contributed by atoms with Gasteiger partial charge in [-0.25, -0.2) is 4.98 Å². The number of aromatic nitrogens is 1. The molecule has 90 valence electrons. The molecule has 1 aliphatic rings. The smallest absolute Gasteiger partial charge is 0.107 e. The first-order valence-corrected chi connectivity index (χ1v) is 6.43. The van der Waals surface area contributed by atoms with Gasteiger partial charge in [-0.2, -0.15) is 0 Å². The molecule has 0 saturated carbocycles. The summed E-state index contributed by atoms with van der Waals surface area (Å²) in [7, 11) is 0. The summed E-state index contributed by atoms with van der Waals surface area (Å²) in [5, 5.41) is 22.5. The molecule has 0 spiro atoms. The molecular formula is C11H18N2O2S. The van der Waals surface area contributed by atoms with Crippen LogP contribution in [0.3, 0.4) is 0 Å². The summed E-state index contributed by atoms with van der Waals surface area (Å²) in [4.78, 5) is 5.96. The lowest BCUT2D eigenvalue weighted by molar-refractivity contribution is 0.103. The van der Waals surface area contributed by atoms with Crippen molar-refractivity contribution < 1.29 is 10.2 Å². The number of nitrogens with zero attached hydrogens (tertiary/aromatic N) is 1. The maximum absolute atomic E-state index is 9.14. The van der Waals surface area contributed by atoms with Crippen LogP contribution in [0.2, 0.25) is 0 Å². The third kappa shape index (κ3) is 2.43. The second kappa shape index (κ2) is 4.79. The lowest BCUT2D eigenvalue weighted by atomic mass is 10.1. The summed E-state index contributed by atoms with van der Waals surface area (Å²) >= 11 is 1.75. The largest absolute Gasteiger partial charge is 0.394 e. The van der Waals surface area contributed by atoms with E-state index in [0.29, 0.717) is 6.54 Å². The van der Waals surface area contributed by atoms with E-state index in [-0.39, 0.29) is 13.2 Å². The van der Waals surface area contributed by atoms with Gasteiger partial charge in [0, 0.05) is 11.4 Å². The number of nitrogens with one attached hydrogen (secondary N) is 1. The highest BCUT2D eigenvalue weighted by atomic mass is 32.1. The van der Waals surface area contributed by atoms with E-state index < -0.39 is 5.54 Å². The van der Waals surface area contributed by atoms with Crippen LogP contribution in [0.25, 0.3) is 0 Å². The molecule has 4 nitrogen and oxygen atoms in total. The van der Waals surface area contributed by atoms with Crippen molar-refractivity contribution in [1.82, 2.24) is 10.3 Å². The molecule has 0 saturated heterocycles. The van der Waals surface area contributed by atoms with Crippen molar-refractivity contribution in [2.45, 2.75) is 38.3 Å². The first-order valence-electron chi connectivity index (χ1n) is 5.61. The quantitative estimate of drug-likeness (QED) is 0.702. The standard InChI is InChI=1S/C11H18N2O2S/c1-11(6-14,7-15)12-5-10-13-8-3-2-4-9(8)16-10/h12,14-15H,2-7H2,1H3. The lowest BCUT2D eigenvalue weighted by Crippen LogP contribution is -2.48. The van der Waals surface area contributed by atoms with E-state index in [2.05, 4.69) is 10.3 Å². The van der Waals surface area contributed by atoms with Gasteiger partial charge in [-0.05, 0) is 26.2 Å². The Hall–Kier alpha value is -0.490. The molecule has 0 atom stereocenters. The zero-order chi connectivity index (χ0) is 11.6. The Morgan fingerprint density at radius 3 is 2.75 bits per heavy atom. The van der Waals surface area contributed by atoms with Crippen LogP contribution >= 0.6 is 11.3 Å². The van der Waals surface area contributed by atoms with Gasteiger partial charge >= 0.3 is 0 Å². The average Bonchev–Trinajstić information content (AvgIpc) is 2.86. The van der Waals surface area contributed by atoms with Gasteiger partial charge in [0.15, 0.2) is 0 Å². The van der Waals surface area contributed by atoms with Crippen molar-refractivity contribution in [2.75, 3.05) is 13.2 Å². The van der Waals surface area contributed by atoms with Gasteiger partial charge in [-0.1, -0.05) is 0 Å². The van der Waals surface area contributed by atoms with Crippen LogP contribution in [0.15, 0.2) is 0 Å². The van der Waals surface area contributed by atoms with Crippen LogP contribution in [0.1, 0.15) is 28.9 Å². The summed E-state index contributed by atoms with van der Waals surface area (Å²) in [6.45, 7) is 2.27. The van der Waals surface area contributed by atoms with E-state index in [0.717, 1.165) is 17.8 Å². The molecule has 0 aromatic carbocycles. The third-order valence-electron chi connectivity index (χ3n) is 3.00. The second-order valence-electron chi connectivity index (χ2n) is 4.56. The SMILES string of the molecule is CC(CO)(CO)NCc1nc2c(s1)CCC2. The Morgan fingerprint density at radius 1 is 1.38 bits per heavy atom. The summed E-state index contributed by atoms with van der Waals surface area (Å²) < 4.78 is 0. The fraction of sp³-hybridized carbons (Fsp3) is 0.727. The molecule has 5 heteroatoms. The Bertz CT molecular complexity index is 339. The molecule has 1 aromatic heterocycles. The highest BCUT2D eigenvalue weighted by molar-refractivity contribution is 7.11. The number of hydrogen-bond acceptors (Lipinski definition) is 5. The van der Waals surface area contributed by atoms with Gasteiger partial charge in [0.2, 0.25) is 0 Å². The van der Waals surface area contributed by atoms with E-state index >= 15 is 0 Å². The maximum Gasteiger partial charge on any atom is 0.107 e. The highest BCUT2D eigenvalue weighted by Gasteiger charge is 2.23. The topological polar surface area (TPSA) is 65.4 Å². The normalized spacial score (nSPS) is 15.4. The van der Waals surface area contributed by atoms with Gasteiger partial charge in [0.05, 0.1) is 24.4 Å². The minimum absolute atomic E-state index is 0.0748. The molecule has 16 heavy (non-hydrogen) atoms. The molecular weight excluding hydrogens is 224 g/mol. The molecule has 0 bridgehead atoms. The Kier molecular flexibility index (Phi) is 3.59. The number of rotatable bonds is 5. The summed E-state index contributed by atoms with van der Waals surface area (Å²) in [6.07, 6.45) is 3.49. The minimum Gasteiger partial charge on any atom is -0.394 e. The summed E-state index contributed by atoms with van der Waals surface area (Å²) in [5.74, 6) is 0. The van der Waals surface area contributed by atoms with Gasteiger partial charge in [-0.3, -0.25) is 0 Å². The molecule has 0 radical (unpaired) electrons. The van der Waals surface area contributed by atoms with Crippen LogP contribution in [0, 0.1) is 0 Å². The van der Waals surface area contributed by atoms with Crippen LogP contribution in [-0.2, 0) is 19.4 Å². The first-order chi connectivity index (χ1) is 7.67. The average molecular weight is 242 g/mol. The minimum atomic E-state index is -0.615. The predicted octanol–water partition coefficient (Wildman–Crippen LogP) is 0.465. The first kappa shape index (κ1) is 12.0. The number of aryl methyl sites for hydroxylation is 2. The predicted molar refractivity (Wildman–Crippen MR) is 63.6 cm³/mol. The number of aliphatic hydroxyl groups is 2. The van der Waals surface area contributed by atoms with Crippen molar-refractivity contribution in [3.8, 4) is 0 Å². The summed E-state index contributed by atoms with van der Waals surface area (Å²) in [6, 6.07) is 0. The fourth-order valence-electron chi connectivity index (χ4n) is 1.77. The van der Waals surface area contributed by atoms with E-state index in [1.54, 1.807) is 18.3 Å². The fourth-order valence-corrected chi connectivity index (χ4v) is 2.87. The molecule has 1 heterocycles. The van der Waals surface area contributed by atoms with E-state index in [4.69, 9.17) is 10.2 Å². The Labute approximate surface area is 99.3 Å². The van der Waals surface area contributed by atoms with Gasteiger partial charge in [0.25, 0.3) is 0 Å². The molecule has 0 fully saturated rings. The van der Waals surface area contributed by atoms with Crippen molar-refractivity contribution in [3.63, 3.8) is 0 Å². The van der Waals surface area contributed by atoms with Gasteiger partial charge in [0.1, 0.15) is 5.01 Å². The molecule has 3 N–H and O–H groups in total. The Balaban J connectivity index is 1.94. The molecule has 0 aliphatic heterocycles. The van der Waals surface area contributed by atoms with Crippen LogP contribution < -0.4 is 5.32 Å². The Morgan fingerprint density at radius 2 is 2.12 bits per heavy atom. The van der Waals surface area contributed by atoms with Crippen molar-refractivity contribution in [3.05, 3.63) is 15.6 Å².